The van der Waals surface area contributed by atoms with Crippen LogP contribution >= 0.6 is 0 Å². The molecule has 0 aliphatic rings. The summed E-state index contributed by atoms with van der Waals surface area (Å²) in [5.74, 6) is -1.72. The minimum absolute atomic E-state index is 0.219. The van der Waals surface area contributed by atoms with Crippen LogP contribution in [0.3, 0.4) is 0 Å². The number of hydrogen-bond acceptors (Lipinski definition) is 5. The number of ketones is 1. The van der Waals surface area contributed by atoms with Crippen LogP contribution < -0.4 is 0 Å². The van der Waals surface area contributed by atoms with Gasteiger partial charge in [0.2, 0.25) is 5.78 Å². The van der Waals surface area contributed by atoms with E-state index in [0.29, 0.717) is 11.3 Å². The zero-order valence-electron chi connectivity index (χ0n) is 12.9. The smallest absolute Gasteiger partial charge is 0.331 e. The van der Waals surface area contributed by atoms with Crippen LogP contribution in [0.15, 0.2) is 36.4 Å². The Hall–Kier alpha value is -2.89. The molecule has 1 heterocycles. The average molecular weight is 315 g/mol. The number of nitrogens with one attached hydrogen (secondary N) is 1. The maximum atomic E-state index is 12.3. The molecule has 0 atom stereocenters. The highest BCUT2D eigenvalue weighted by Gasteiger charge is 2.16. The van der Waals surface area contributed by atoms with Crippen molar-refractivity contribution in [1.29, 1.82) is 0 Å². The number of ether oxygens (including phenoxy) is 2. The lowest BCUT2D eigenvalue weighted by molar-refractivity contribution is -0.139. The van der Waals surface area contributed by atoms with Crippen LogP contribution in [-0.2, 0) is 19.1 Å². The lowest BCUT2D eigenvalue weighted by Gasteiger charge is -2.02. The van der Waals surface area contributed by atoms with E-state index >= 15 is 0 Å². The van der Waals surface area contributed by atoms with Gasteiger partial charge in [0.25, 0.3) is 0 Å². The number of fused-ring (bicyclic) bond motifs is 1. The maximum absolute atomic E-state index is 12.3. The molecule has 1 aromatic carbocycles. The van der Waals surface area contributed by atoms with Crippen molar-refractivity contribution in [3.05, 3.63) is 47.7 Å². The second-order valence-corrected chi connectivity index (χ2v) is 4.79. The first-order chi connectivity index (χ1) is 11.0. The standard InChI is InChI=1S/C17H17NO5/c1-3-22-15(20)8-9-16(21)23-10-14(19)17-11(2)18-13-7-5-4-6-12(13)17/h4-9,18H,3,10H2,1-2H3/b9-8+. The van der Waals surface area contributed by atoms with Gasteiger partial charge in [0.05, 0.1) is 6.61 Å². The minimum Gasteiger partial charge on any atom is -0.463 e. The quantitative estimate of drug-likeness (QED) is 0.502. The number of esters is 2. The van der Waals surface area contributed by atoms with Crippen LogP contribution in [0.5, 0.6) is 0 Å². The van der Waals surface area contributed by atoms with Gasteiger partial charge in [0.1, 0.15) is 0 Å². The first-order valence-corrected chi connectivity index (χ1v) is 7.15. The largest absolute Gasteiger partial charge is 0.463 e. The number of aryl methyl sites for hydroxylation is 1. The number of carbonyl (C=O) groups is 3. The number of aromatic amines is 1. The predicted molar refractivity (Wildman–Crippen MR) is 84.1 cm³/mol. The van der Waals surface area contributed by atoms with Crippen LogP contribution in [0.4, 0.5) is 0 Å². The molecule has 0 amide bonds. The Bertz CT molecular complexity index is 772. The van der Waals surface area contributed by atoms with Crippen molar-refractivity contribution in [2.45, 2.75) is 13.8 Å². The van der Waals surface area contributed by atoms with Crippen LogP contribution in [0.25, 0.3) is 10.9 Å². The molecule has 2 aromatic rings. The summed E-state index contributed by atoms with van der Waals surface area (Å²) in [6.45, 7) is 3.27. The lowest BCUT2D eigenvalue weighted by atomic mass is 10.1. The van der Waals surface area contributed by atoms with Crippen molar-refractivity contribution in [3.63, 3.8) is 0 Å². The zero-order chi connectivity index (χ0) is 16.8. The van der Waals surface area contributed by atoms with E-state index in [1.807, 2.05) is 24.3 Å². The Kier molecular flexibility index (Phi) is 5.30. The third-order valence-corrected chi connectivity index (χ3v) is 3.16. The Morgan fingerprint density at radius 2 is 1.74 bits per heavy atom. The van der Waals surface area contributed by atoms with Gasteiger partial charge >= 0.3 is 11.9 Å². The maximum Gasteiger partial charge on any atom is 0.331 e. The first kappa shape index (κ1) is 16.5. The summed E-state index contributed by atoms with van der Waals surface area (Å²) in [5, 5.41) is 0.785. The molecule has 0 bridgehead atoms. The van der Waals surface area contributed by atoms with Crippen molar-refractivity contribution >= 4 is 28.6 Å². The molecule has 0 saturated carbocycles. The van der Waals surface area contributed by atoms with Gasteiger partial charge in [-0.25, -0.2) is 9.59 Å². The van der Waals surface area contributed by atoms with Gasteiger partial charge < -0.3 is 14.5 Å². The third kappa shape index (κ3) is 4.06. The average Bonchev–Trinajstić information content (AvgIpc) is 2.86. The highest BCUT2D eigenvalue weighted by Crippen LogP contribution is 2.22. The molecule has 120 valence electrons. The number of hydrogen-bond donors (Lipinski definition) is 1. The van der Waals surface area contributed by atoms with E-state index in [0.717, 1.165) is 23.1 Å². The van der Waals surface area contributed by atoms with E-state index in [-0.39, 0.29) is 12.4 Å². The van der Waals surface area contributed by atoms with Crippen LogP contribution in [0.1, 0.15) is 23.0 Å². The van der Waals surface area contributed by atoms with Crippen molar-refractivity contribution in [1.82, 2.24) is 4.98 Å². The fraction of sp³-hybridized carbons (Fsp3) is 0.235. The van der Waals surface area contributed by atoms with E-state index in [2.05, 4.69) is 9.72 Å². The van der Waals surface area contributed by atoms with Gasteiger partial charge in [-0.05, 0) is 19.9 Å². The van der Waals surface area contributed by atoms with Gasteiger partial charge in [-0.3, -0.25) is 4.79 Å². The molecule has 0 fully saturated rings. The van der Waals surface area contributed by atoms with Gasteiger partial charge in [0.15, 0.2) is 6.61 Å². The molecule has 0 radical (unpaired) electrons. The molecule has 0 aliphatic carbocycles. The van der Waals surface area contributed by atoms with Crippen LogP contribution in [0.2, 0.25) is 0 Å². The van der Waals surface area contributed by atoms with E-state index in [1.165, 1.54) is 0 Å². The number of carbonyl (C=O) groups excluding carboxylic acids is 3. The number of benzene rings is 1. The van der Waals surface area contributed by atoms with E-state index < -0.39 is 18.5 Å². The van der Waals surface area contributed by atoms with Gasteiger partial charge in [-0.2, -0.15) is 0 Å². The van der Waals surface area contributed by atoms with Gasteiger partial charge in [0, 0.05) is 34.3 Å². The second kappa shape index (κ2) is 7.40. The molecular formula is C17H17NO5. The lowest BCUT2D eigenvalue weighted by Crippen LogP contribution is -2.13. The summed E-state index contributed by atoms with van der Waals surface area (Å²) < 4.78 is 9.50. The Labute approximate surface area is 133 Å². The highest BCUT2D eigenvalue weighted by atomic mass is 16.5. The Morgan fingerprint density at radius 3 is 2.43 bits per heavy atom. The second-order valence-electron chi connectivity index (χ2n) is 4.79. The summed E-state index contributed by atoms with van der Waals surface area (Å²) in [6, 6.07) is 7.40. The third-order valence-electron chi connectivity index (χ3n) is 3.16. The number of H-pyrrole nitrogens is 1. The van der Waals surface area contributed by atoms with Crippen molar-refractivity contribution in [2.24, 2.45) is 0 Å². The highest BCUT2D eigenvalue weighted by molar-refractivity contribution is 6.10. The molecule has 6 heteroatoms. The molecule has 0 unspecified atom stereocenters. The summed E-state index contributed by atoms with van der Waals surface area (Å²) in [7, 11) is 0. The number of para-hydroxylation sites is 1. The van der Waals surface area contributed by atoms with E-state index in [1.54, 1.807) is 13.8 Å². The van der Waals surface area contributed by atoms with E-state index in [4.69, 9.17) is 4.74 Å². The molecule has 23 heavy (non-hydrogen) atoms. The normalized spacial score (nSPS) is 10.9. The van der Waals surface area contributed by atoms with Gasteiger partial charge in [-0.15, -0.1) is 0 Å². The van der Waals surface area contributed by atoms with Crippen molar-refractivity contribution in [3.8, 4) is 0 Å². The molecule has 6 nitrogen and oxygen atoms in total. The molecule has 0 aliphatic heterocycles. The van der Waals surface area contributed by atoms with Gasteiger partial charge in [-0.1, -0.05) is 18.2 Å². The molecule has 1 N–H and O–H groups in total. The molecular weight excluding hydrogens is 298 g/mol. The Balaban J connectivity index is 2.00. The monoisotopic (exact) mass is 315 g/mol. The summed E-state index contributed by atoms with van der Waals surface area (Å²) in [6.07, 6.45) is 1.90. The molecule has 0 saturated heterocycles. The minimum atomic E-state index is -0.774. The fourth-order valence-electron chi connectivity index (χ4n) is 2.22. The van der Waals surface area contributed by atoms with E-state index in [9.17, 15) is 14.4 Å². The fourth-order valence-corrected chi connectivity index (χ4v) is 2.22. The SMILES string of the molecule is CCOC(=O)/C=C/C(=O)OCC(=O)c1c(C)[nH]c2ccccc12. The Morgan fingerprint density at radius 1 is 1.09 bits per heavy atom. The molecule has 0 spiro atoms. The summed E-state index contributed by atoms with van der Waals surface area (Å²) >= 11 is 0. The number of Topliss-reactive ketones (excluding diaryl/α,β-unsaturated/α-hetero) is 1. The zero-order valence-corrected chi connectivity index (χ0v) is 12.9. The van der Waals surface area contributed by atoms with Crippen LogP contribution in [0, 0.1) is 6.92 Å². The predicted octanol–water partition coefficient (Wildman–Crippen LogP) is 2.32. The number of rotatable bonds is 6. The molecule has 2 rings (SSSR count). The number of aromatic nitrogens is 1. The summed E-state index contributed by atoms with van der Waals surface area (Å²) in [5.41, 5.74) is 2.07. The van der Waals surface area contributed by atoms with Crippen LogP contribution in [-0.4, -0.2) is 35.9 Å². The van der Waals surface area contributed by atoms with Crippen molar-refractivity contribution in [2.75, 3.05) is 13.2 Å². The summed E-state index contributed by atoms with van der Waals surface area (Å²) in [4.78, 5) is 38.0. The van der Waals surface area contributed by atoms with Crippen molar-refractivity contribution < 1.29 is 23.9 Å². The molecule has 1 aromatic heterocycles. The topological polar surface area (TPSA) is 85.5 Å². The first-order valence-electron chi connectivity index (χ1n) is 7.15.